The molecule has 3 nitrogen and oxygen atoms in total. The highest BCUT2D eigenvalue weighted by Gasteiger charge is 2.12. The van der Waals surface area contributed by atoms with Crippen LogP contribution in [-0.4, -0.2) is 9.78 Å². The van der Waals surface area contributed by atoms with Gasteiger partial charge in [0.05, 0.1) is 6.04 Å². The van der Waals surface area contributed by atoms with Gasteiger partial charge in [0, 0.05) is 16.8 Å². The molecule has 17 heavy (non-hydrogen) atoms. The molecular weight excluding hydrogens is 236 g/mol. The molecule has 0 amide bonds. The topological polar surface area (TPSA) is 37.8 Å². The van der Waals surface area contributed by atoms with Crippen LogP contribution in [0.2, 0.25) is 5.02 Å². The Labute approximate surface area is 105 Å². The Morgan fingerprint density at radius 1 is 1.29 bits per heavy atom. The van der Waals surface area contributed by atoms with Gasteiger partial charge in [0.1, 0.15) is 0 Å². The van der Waals surface area contributed by atoms with Gasteiger partial charge in [-0.1, -0.05) is 23.7 Å². The van der Waals surface area contributed by atoms with Crippen molar-refractivity contribution in [1.82, 2.24) is 9.78 Å². The molecule has 0 saturated heterocycles. The molecule has 1 N–H and O–H groups in total. The SMILES string of the molecule is Cc1cc(=O)n(C(C)c2ccc(C)c(Cl)c2)[nH]1. The van der Waals surface area contributed by atoms with Gasteiger partial charge in [0.25, 0.3) is 5.56 Å². The van der Waals surface area contributed by atoms with E-state index in [0.29, 0.717) is 0 Å². The molecule has 0 saturated carbocycles. The number of benzene rings is 1. The molecule has 1 unspecified atom stereocenters. The average molecular weight is 251 g/mol. The van der Waals surface area contributed by atoms with Gasteiger partial charge in [-0.05, 0) is 38.0 Å². The fraction of sp³-hybridized carbons (Fsp3) is 0.308. The average Bonchev–Trinajstić information content (AvgIpc) is 2.61. The number of hydrogen-bond donors (Lipinski definition) is 1. The Hall–Kier alpha value is -1.48. The lowest BCUT2D eigenvalue weighted by Crippen LogP contribution is -2.20. The molecule has 0 bridgehead atoms. The summed E-state index contributed by atoms with van der Waals surface area (Å²) >= 11 is 6.09. The van der Waals surface area contributed by atoms with E-state index in [1.54, 1.807) is 10.7 Å². The van der Waals surface area contributed by atoms with Crippen molar-refractivity contribution < 1.29 is 0 Å². The smallest absolute Gasteiger partial charge is 0.267 e. The Bertz CT molecular complexity index is 598. The molecule has 1 heterocycles. The maximum absolute atomic E-state index is 11.7. The number of nitrogens with zero attached hydrogens (tertiary/aromatic N) is 1. The van der Waals surface area contributed by atoms with Crippen LogP contribution < -0.4 is 5.56 Å². The first-order valence-electron chi connectivity index (χ1n) is 5.53. The molecule has 1 atom stereocenters. The Kier molecular flexibility index (Phi) is 3.11. The molecule has 1 aromatic heterocycles. The maximum Gasteiger partial charge on any atom is 0.267 e. The lowest BCUT2D eigenvalue weighted by Gasteiger charge is -2.14. The summed E-state index contributed by atoms with van der Waals surface area (Å²) < 4.78 is 1.61. The minimum Gasteiger partial charge on any atom is -0.299 e. The van der Waals surface area contributed by atoms with Gasteiger partial charge in [-0.25, -0.2) is 4.68 Å². The molecule has 1 aromatic carbocycles. The minimum atomic E-state index is -0.0469. The molecule has 0 aliphatic carbocycles. The van der Waals surface area contributed by atoms with E-state index in [1.807, 2.05) is 39.0 Å². The maximum atomic E-state index is 11.7. The van der Waals surface area contributed by atoms with Crippen molar-refractivity contribution in [2.45, 2.75) is 26.8 Å². The summed E-state index contributed by atoms with van der Waals surface area (Å²) in [4.78, 5) is 11.7. The number of aryl methyl sites for hydroxylation is 2. The van der Waals surface area contributed by atoms with Crippen LogP contribution in [0, 0.1) is 13.8 Å². The molecule has 0 spiro atoms. The van der Waals surface area contributed by atoms with Crippen LogP contribution in [0.4, 0.5) is 0 Å². The Morgan fingerprint density at radius 2 is 2.00 bits per heavy atom. The highest BCUT2D eigenvalue weighted by atomic mass is 35.5. The highest BCUT2D eigenvalue weighted by molar-refractivity contribution is 6.31. The third kappa shape index (κ3) is 2.29. The molecule has 2 aromatic rings. The zero-order valence-corrected chi connectivity index (χ0v) is 10.9. The molecule has 4 heteroatoms. The zero-order chi connectivity index (χ0) is 12.6. The van der Waals surface area contributed by atoms with Crippen LogP contribution in [-0.2, 0) is 0 Å². The van der Waals surface area contributed by atoms with Crippen molar-refractivity contribution in [1.29, 1.82) is 0 Å². The van der Waals surface area contributed by atoms with Crippen molar-refractivity contribution in [3.63, 3.8) is 0 Å². The largest absolute Gasteiger partial charge is 0.299 e. The molecule has 2 rings (SSSR count). The predicted molar refractivity (Wildman–Crippen MR) is 69.8 cm³/mol. The second-order valence-corrected chi connectivity index (χ2v) is 4.74. The van der Waals surface area contributed by atoms with E-state index >= 15 is 0 Å². The van der Waals surface area contributed by atoms with E-state index < -0.39 is 0 Å². The summed E-state index contributed by atoms with van der Waals surface area (Å²) in [5, 5.41) is 3.77. The van der Waals surface area contributed by atoms with Gasteiger partial charge >= 0.3 is 0 Å². The van der Waals surface area contributed by atoms with Gasteiger partial charge in [0.15, 0.2) is 0 Å². The molecule has 90 valence electrons. The number of aromatic nitrogens is 2. The van der Waals surface area contributed by atoms with Crippen LogP contribution in [0.5, 0.6) is 0 Å². The third-order valence-corrected chi connectivity index (χ3v) is 3.35. The Morgan fingerprint density at radius 3 is 2.53 bits per heavy atom. The van der Waals surface area contributed by atoms with E-state index in [0.717, 1.165) is 21.8 Å². The fourth-order valence-corrected chi connectivity index (χ4v) is 2.03. The number of halogens is 1. The first-order valence-corrected chi connectivity index (χ1v) is 5.91. The summed E-state index contributed by atoms with van der Waals surface area (Å²) in [6.07, 6.45) is 0. The van der Waals surface area contributed by atoms with Crippen LogP contribution in [0.25, 0.3) is 0 Å². The monoisotopic (exact) mass is 250 g/mol. The second-order valence-electron chi connectivity index (χ2n) is 4.33. The molecule has 0 aliphatic rings. The first-order chi connectivity index (χ1) is 7.99. The summed E-state index contributed by atoms with van der Waals surface area (Å²) in [5.41, 5.74) is 2.90. The fourth-order valence-electron chi connectivity index (χ4n) is 1.84. The van der Waals surface area contributed by atoms with Crippen LogP contribution in [0.3, 0.4) is 0 Å². The number of nitrogens with one attached hydrogen (secondary N) is 1. The van der Waals surface area contributed by atoms with E-state index in [-0.39, 0.29) is 11.6 Å². The van der Waals surface area contributed by atoms with Gasteiger partial charge in [-0.3, -0.25) is 9.89 Å². The van der Waals surface area contributed by atoms with Crippen molar-refractivity contribution in [3.8, 4) is 0 Å². The van der Waals surface area contributed by atoms with E-state index in [9.17, 15) is 4.79 Å². The van der Waals surface area contributed by atoms with Crippen molar-refractivity contribution in [2.24, 2.45) is 0 Å². The zero-order valence-electron chi connectivity index (χ0n) is 10.1. The first kappa shape index (κ1) is 12.0. The number of H-pyrrole nitrogens is 1. The van der Waals surface area contributed by atoms with E-state index in [1.165, 1.54) is 0 Å². The van der Waals surface area contributed by atoms with Crippen molar-refractivity contribution in [2.75, 3.05) is 0 Å². The summed E-state index contributed by atoms with van der Waals surface area (Å²) in [7, 11) is 0. The third-order valence-electron chi connectivity index (χ3n) is 2.94. The van der Waals surface area contributed by atoms with E-state index in [2.05, 4.69) is 5.10 Å². The van der Waals surface area contributed by atoms with Crippen molar-refractivity contribution >= 4 is 11.6 Å². The quantitative estimate of drug-likeness (QED) is 0.874. The standard InChI is InChI=1S/C13H15ClN2O/c1-8-4-5-11(7-12(8)14)10(3)16-13(17)6-9(2)15-16/h4-7,10,15H,1-3H3. The highest BCUT2D eigenvalue weighted by Crippen LogP contribution is 2.22. The molecular formula is C13H15ClN2O. The molecule has 0 aliphatic heterocycles. The van der Waals surface area contributed by atoms with E-state index in [4.69, 9.17) is 11.6 Å². The number of aromatic amines is 1. The molecule has 0 fully saturated rings. The van der Waals surface area contributed by atoms with Crippen LogP contribution >= 0.6 is 11.6 Å². The van der Waals surface area contributed by atoms with Gasteiger partial charge < -0.3 is 0 Å². The van der Waals surface area contributed by atoms with Gasteiger partial charge in [-0.2, -0.15) is 0 Å². The van der Waals surface area contributed by atoms with Crippen LogP contribution in [0.1, 0.15) is 29.8 Å². The number of hydrogen-bond acceptors (Lipinski definition) is 1. The predicted octanol–water partition coefficient (Wildman–Crippen LogP) is 3.06. The lowest BCUT2D eigenvalue weighted by atomic mass is 10.1. The lowest BCUT2D eigenvalue weighted by molar-refractivity contribution is 0.544. The van der Waals surface area contributed by atoms with Crippen molar-refractivity contribution in [3.05, 3.63) is 56.5 Å². The van der Waals surface area contributed by atoms with Crippen LogP contribution in [0.15, 0.2) is 29.1 Å². The Balaban J connectivity index is 2.43. The minimum absolute atomic E-state index is 0.0216. The molecule has 0 radical (unpaired) electrons. The normalized spacial score (nSPS) is 12.7. The second kappa shape index (κ2) is 4.41. The number of rotatable bonds is 2. The summed E-state index contributed by atoms with van der Waals surface area (Å²) in [5.74, 6) is 0. The summed E-state index contributed by atoms with van der Waals surface area (Å²) in [6, 6.07) is 7.41. The van der Waals surface area contributed by atoms with Gasteiger partial charge in [-0.15, -0.1) is 0 Å². The summed E-state index contributed by atoms with van der Waals surface area (Å²) in [6.45, 7) is 5.80. The van der Waals surface area contributed by atoms with Gasteiger partial charge in [0.2, 0.25) is 0 Å².